The molecule has 0 spiro atoms. The van der Waals surface area contributed by atoms with Crippen LogP contribution in [0.25, 0.3) is 0 Å². The topological polar surface area (TPSA) is 12.5 Å². The Balaban J connectivity index is 1.89. The minimum Gasteiger partial charge on any atom is -0.409 e. The van der Waals surface area contributed by atoms with E-state index in [0.29, 0.717) is 6.04 Å². The SMILES string of the molecule is B1OC(c2ccccc2)(c2ccccc2)[C@@H]2CCN12. The third-order valence-corrected chi connectivity index (χ3v) is 4.46. The lowest BCUT2D eigenvalue weighted by atomic mass is 9.76. The molecule has 0 unspecified atom stereocenters. The predicted octanol–water partition coefficient (Wildman–Crippen LogP) is 2.30. The highest BCUT2D eigenvalue weighted by molar-refractivity contribution is 6.25. The molecule has 0 aromatic heterocycles. The molecule has 94 valence electrons. The second-order valence-corrected chi connectivity index (χ2v) is 5.36. The van der Waals surface area contributed by atoms with Gasteiger partial charge in [-0.1, -0.05) is 60.7 Å². The molecule has 4 rings (SSSR count). The van der Waals surface area contributed by atoms with Gasteiger partial charge < -0.3 is 9.47 Å². The van der Waals surface area contributed by atoms with Gasteiger partial charge in [0.2, 0.25) is 0 Å². The summed E-state index contributed by atoms with van der Waals surface area (Å²) in [6, 6.07) is 21.8. The second kappa shape index (κ2) is 4.22. The Labute approximate surface area is 114 Å². The van der Waals surface area contributed by atoms with Crippen LogP contribution < -0.4 is 0 Å². The summed E-state index contributed by atoms with van der Waals surface area (Å²) < 4.78 is 6.33. The molecule has 19 heavy (non-hydrogen) atoms. The zero-order chi connectivity index (χ0) is 12.7. The first kappa shape index (κ1) is 11.3. The van der Waals surface area contributed by atoms with Crippen molar-refractivity contribution in [1.82, 2.24) is 4.81 Å². The summed E-state index contributed by atoms with van der Waals surface area (Å²) in [6.45, 7) is 1.16. The third kappa shape index (κ3) is 1.52. The Kier molecular flexibility index (Phi) is 2.50. The zero-order valence-electron chi connectivity index (χ0n) is 10.8. The molecular formula is C16H16BNO. The van der Waals surface area contributed by atoms with Gasteiger partial charge in [-0.05, 0) is 24.1 Å². The highest BCUT2D eigenvalue weighted by Gasteiger charge is 2.54. The van der Waals surface area contributed by atoms with Crippen molar-refractivity contribution in [3.05, 3.63) is 71.8 Å². The maximum atomic E-state index is 6.33. The molecule has 2 nitrogen and oxygen atoms in total. The highest BCUT2D eigenvalue weighted by atomic mass is 16.5. The molecule has 0 bridgehead atoms. The molecule has 2 saturated heterocycles. The van der Waals surface area contributed by atoms with E-state index < -0.39 is 0 Å². The molecule has 0 N–H and O–H groups in total. The lowest BCUT2D eigenvalue weighted by Gasteiger charge is -2.44. The van der Waals surface area contributed by atoms with Crippen molar-refractivity contribution in [2.24, 2.45) is 0 Å². The van der Waals surface area contributed by atoms with Gasteiger partial charge >= 0.3 is 7.62 Å². The summed E-state index contributed by atoms with van der Waals surface area (Å²) in [6.07, 6.45) is 1.21. The second-order valence-electron chi connectivity index (χ2n) is 5.36. The number of fused-ring (bicyclic) bond motifs is 1. The maximum absolute atomic E-state index is 6.33. The first-order valence-corrected chi connectivity index (χ1v) is 6.90. The van der Waals surface area contributed by atoms with Gasteiger partial charge in [0.15, 0.2) is 0 Å². The first-order valence-electron chi connectivity index (χ1n) is 6.90. The summed E-state index contributed by atoms with van der Waals surface area (Å²) in [5.41, 5.74) is 2.27. The van der Waals surface area contributed by atoms with E-state index in [4.69, 9.17) is 4.65 Å². The standard InChI is InChI=1S/C16H16BNO/c1-3-7-13(8-4-1)16(14-9-5-2-6-10-14)15-11-12-18(15)17-19-16/h1-10,15,17H,11-12H2/t15-/m0/s1. The normalized spacial score (nSPS) is 24.3. The van der Waals surface area contributed by atoms with Crippen LogP contribution in [-0.2, 0) is 10.3 Å². The van der Waals surface area contributed by atoms with Crippen LogP contribution in [0.1, 0.15) is 17.5 Å². The van der Waals surface area contributed by atoms with Crippen LogP contribution in [-0.4, -0.2) is 25.0 Å². The van der Waals surface area contributed by atoms with Gasteiger partial charge in [-0.3, -0.25) is 0 Å². The molecular weight excluding hydrogens is 233 g/mol. The van der Waals surface area contributed by atoms with Crippen molar-refractivity contribution >= 4 is 7.62 Å². The fourth-order valence-electron chi connectivity index (χ4n) is 3.43. The Morgan fingerprint density at radius 2 is 1.53 bits per heavy atom. The van der Waals surface area contributed by atoms with Crippen molar-refractivity contribution in [3.8, 4) is 0 Å². The number of hydrogen-bond donors (Lipinski definition) is 0. The summed E-state index contributed by atoms with van der Waals surface area (Å²) in [4.78, 5) is 2.43. The average Bonchev–Trinajstić information content (AvgIpc) is 2.73. The van der Waals surface area contributed by atoms with Crippen LogP contribution in [0, 0.1) is 0 Å². The van der Waals surface area contributed by atoms with Crippen molar-refractivity contribution < 1.29 is 4.65 Å². The zero-order valence-corrected chi connectivity index (χ0v) is 10.8. The van der Waals surface area contributed by atoms with E-state index in [1.165, 1.54) is 17.5 Å². The van der Waals surface area contributed by atoms with Gasteiger partial charge in [0.05, 0.1) is 0 Å². The van der Waals surface area contributed by atoms with Gasteiger partial charge in [-0.15, -0.1) is 0 Å². The van der Waals surface area contributed by atoms with Crippen molar-refractivity contribution in [2.45, 2.75) is 18.1 Å². The van der Waals surface area contributed by atoms with Crippen LogP contribution >= 0.6 is 0 Å². The Morgan fingerprint density at radius 3 is 1.95 bits per heavy atom. The summed E-state index contributed by atoms with van der Waals surface area (Å²) in [5.74, 6) is 0. The predicted molar refractivity (Wildman–Crippen MR) is 77.0 cm³/mol. The Bertz CT molecular complexity index is 532. The monoisotopic (exact) mass is 249 g/mol. The van der Waals surface area contributed by atoms with Gasteiger partial charge in [-0.2, -0.15) is 0 Å². The van der Waals surface area contributed by atoms with E-state index in [2.05, 4.69) is 65.5 Å². The van der Waals surface area contributed by atoms with Crippen LogP contribution in [0.15, 0.2) is 60.7 Å². The fourth-order valence-corrected chi connectivity index (χ4v) is 3.43. The lowest BCUT2D eigenvalue weighted by molar-refractivity contribution is 0.0598. The molecule has 3 heteroatoms. The van der Waals surface area contributed by atoms with E-state index in [9.17, 15) is 0 Å². The Hall–Kier alpha value is -1.58. The molecule has 2 aliphatic heterocycles. The van der Waals surface area contributed by atoms with Crippen molar-refractivity contribution in [3.63, 3.8) is 0 Å². The third-order valence-electron chi connectivity index (χ3n) is 4.46. The minimum atomic E-state index is -0.277. The van der Waals surface area contributed by atoms with E-state index in [0.717, 1.165) is 14.2 Å². The molecule has 2 aromatic carbocycles. The van der Waals surface area contributed by atoms with E-state index in [1.807, 2.05) is 0 Å². The van der Waals surface area contributed by atoms with E-state index in [1.54, 1.807) is 0 Å². The molecule has 0 radical (unpaired) electrons. The van der Waals surface area contributed by atoms with Gasteiger partial charge in [0, 0.05) is 6.04 Å². The Morgan fingerprint density at radius 1 is 0.947 bits per heavy atom. The number of rotatable bonds is 2. The molecule has 2 aromatic rings. The maximum Gasteiger partial charge on any atom is 0.364 e. The highest BCUT2D eigenvalue weighted by Crippen LogP contribution is 2.47. The van der Waals surface area contributed by atoms with Crippen LogP contribution in [0.3, 0.4) is 0 Å². The molecule has 2 fully saturated rings. The molecule has 0 aliphatic carbocycles. The number of benzene rings is 2. The summed E-state index contributed by atoms with van der Waals surface area (Å²) >= 11 is 0. The fraction of sp³-hybridized carbons (Fsp3) is 0.250. The van der Waals surface area contributed by atoms with Gasteiger partial charge in [-0.25, -0.2) is 0 Å². The quantitative estimate of drug-likeness (QED) is 0.757. The number of hydrogen-bond acceptors (Lipinski definition) is 2. The first-order chi connectivity index (χ1) is 9.41. The van der Waals surface area contributed by atoms with Gasteiger partial charge in [0.1, 0.15) is 5.60 Å². The number of nitrogens with zero attached hydrogens (tertiary/aromatic N) is 1. The van der Waals surface area contributed by atoms with Crippen LogP contribution in [0.2, 0.25) is 0 Å². The molecule has 2 heterocycles. The minimum absolute atomic E-state index is 0.277. The molecule has 0 saturated carbocycles. The average molecular weight is 249 g/mol. The van der Waals surface area contributed by atoms with Crippen molar-refractivity contribution in [2.75, 3.05) is 6.54 Å². The van der Waals surface area contributed by atoms with Crippen LogP contribution in [0.4, 0.5) is 0 Å². The molecule has 0 amide bonds. The molecule has 1 atom stereocenters. The van der Waals surface area contributed by atoms with Crippen molar-refractivity contribution in [1.29, 1.82) is 0 Å². The smallest absolute Gasteiger partial charge is 0.364 e. The summed E-state index contributed by atoms with van der Waals surface area (Å²) in [7, 11) is 0.744. The lowest BCUT2D eigenvalue weighted by Crippen LogP contribution is -2.53. The van der Waals surface area contributed by atoms with Gasteiger partial charge in [0.25, 0.3) is 0 Å². The molecule has 2 aliphatic rings. The van der Waals surface area contributed by atoms with E-state index >= 15 is 0 Å². The van der Waals surface area contributed by atoms with Crippen LogP contribution in [0.5, 0.6) is 0 Å². The summed E-state index contributed by atoms with van der Waals surface area (Å²) in [5, 5.41) is 0. The largest absolute Gasteiger partial charge is 0.409 e. The van der Waals surface area contributed by atoms with E-state index in [-0.39, 0.29) is 5.60 Å².